The van der Waals surface area contributed by atoms with Gasteiger partial charge >= 0.3 is 6.18 Å². The van der Waals surface area contributed by atoms with Crippen LogP contribution in [0, 0.1) is 11.8 Å². The van der Waals surface area contributed by atoms with Gasteiger partial charge in [-0.1, -0.05) is 18.1 Å². The van der Waals surface area contributed by atoms with Crippen molar-refractivity contribution in [3.8, 4) is 0 Å². The van der Waals surface area contributed by atoms with Gasteiger partial charge in [-0.05, 0) is 46.1 Å². The first-order chi connectivity index (χ1) is 7.84. The zero-order valence-corrected chi connectivity index (χ0v) is 10.8. The summed E-state index contributed by atoms with van der Waals surface area (Å²) in [6, 6.07) is 0.0742. The van der Waals surface area contributed by atoms with E-state index in [1.807, 2.05) is 27.0 Å². The number of hydrogen-bond acceptors (Lipinski definition) is 1. The Kier molecular flexibility index (Phi) is 5.04. The summed E-state index contributed by atoms with van der Waals surface area (Å²) in [5.74, 6) is -1.00. The van der Waals surface area contributed by atoms with Crippen LogP contribution in [0.4, 0.5) is 13.2 Å². The molecule has 0 amide bonds. The third-order valence-electron chi connectivity index (χ3n) is 3.53. The van der Waals surface area contributed by atoms with Gasteiger partial charge in [0.1, 0.15) is 0 Å². The fourth-order valence-electron chi connectivity index (χ4n) is 2.67. The number of allylic oxidation sites excluding steroid dienone is 1. The van der Waals surface area contributed by atoms with Gasteiger partial charge in [-0.25, -0.2) is 0 Å². The van der Waals surface area contributed by atoms with Crippen molar-refractivity contribution in [3.63, 3.8) is 0 Å². The van der Waals surface area contributed by atoms with Crippen molar-refractivity contribution in [1.29, 1.82) is 0 Å². The highest BCUT2D eigenvalue weighted by molar-refractivity contribution is 5.04. The average Bonchev–Trinajstić information content (AvgIpc) is 2.24. The molecule has 0 aliphatic heterocycles. The van der Waals surface area contributed by atoms with Gasteiger partial charge in [-0.3, -0.25) is 0 Å². The van der Waals surface area contributed by atoms with Gasteiger partial charge in [0.05, 0.1) is 5.92 Å². The molecule has 1 saturated carbocycles. The van der Waals surface area contributed by atoms with Crippen LogP contribution in [-0.4, -0.2) is 19.3 Å². The van der Waals surface area contributed by atoms with Crippen LogP contribution >= 0.6 is 0 Å². The van der Waals surface area contributed by atoms with Gasteiger partial charge in [-0.15, -0.1) is 0 Å². The van der Waals surface area contributed by atoms with Crippen molar-refractivity contribution in [3.05, 3.63) is 11.6 Å². The molecule has 0 saturated heterocycles. The molecule has 0 aromatic rings. The number of hydrogen-bond donors (Lipinski definition) is 1. The predicted molar refractivity (Wildman–Crippen MR) is 63.8 cm³/mol. The molecule has 1 nitrogen and oxygen atoms in total. The fourth-order valence-corrected chi connectivity index (χ4v) is 2.67. The molecule has 0 aromatic carbocycles. The van der Waals surface area contributed by atoms with E-state index in [4.69, 9.17) is 0 Å². The molecule has 17 heavy (non-hydrogen) atoms. The minimum absolute atomic E-state index is 0.0742. The quantitative estimate of drug-likeness (QED) is 0.748. The number of rotatable bonds is 3. The Morgan fingerprint density at radius 1 is 1.29 bits per heavy atom. The maximum atomic E-state index is 12.7. The van der Waals surface area contributed by atoms with E-state index in [1.54, 1.807) is 0 Å². The molecule has 0 radical (unpaired) electrons. The summed E-state index contributed by atoms with van der Waals surface area (Å²) in [6.45, 7) is 3.96. The number of halogens is 3. The Labute approximate surface area is 101 Å². The van der Waals surface area contributed by atoms with Crippen LogP contribution in [0.3, 0.4) is 0 Å². The van der Waals surface area contributed by atoms with Crippen molar-refractivity contribution >= 4 is 0 Å². The minimum atomic E-state index is -4.03. The van der Waals surface area contributed by atoms with Crippen LogP contribution in [0.5, 0.6) is 0 Å². The Hall–Kier alpha value is -0.510. The highest BCUT2D eigenvalue weighted by Gasteiger charge is 2.43. The number of alkyl halides is 3. The third-order valence-corrected chi connectivity index (χ3v) is 3.53. The molecule has 4 heteroatoms. The number of nitrogens with one attached hydrogen (secondary N) is 1. The maximum absolute atomic E-state index is 12.7. The number of likely N-dealkylation sites (N-methyl/N-ethyl adjacent to an activating group) is 1. The average molecular weight is 249 g/mol. The minimum Gasteiger partial charge on any atom is -0.313 e. The van der Waals surface area contributed by atoms with Crippen molar-refractivity contribution in [2.24, 2.45) is 11.8 Å². The molecule has 1 rings (SSSR count). The zero-order valence-electron chi connectivity index (χ0n) is 10.8. The summed E-state index contributed by atoms with van der Waals surface area (Å²) < 4.78 is 38.1. The second-order valence-corrected chi connectivity index (χ2v) is 5.22. The second-order valence-electron chi connectivity index (χ2n) is 5.22. The van der Waals surface area contributed by atoms with Crippen LogP contribution in [0.25, 0.3) is 0 Å². The Morgan fingerprint density at radius 3 is 2.41 bits per heavy atom. The molecule has 0 heterocycles. The summed E-state index contributed by atoms with van der Waals surface area (Å²) in [7, 11) is 1.82. The van der Waals surface area contributed by atoms with Crippen LogP contribution in [0.2, 0.25) is 0 Å². The lowest BCUT2D eigenvalue weighted by Gasteiger charge is -2.34. The monoisotopic (exact) mass is 249 g/mol. The second kappa shape index (κ2) is 5.89. The van der Waals surface area contributed by atoms with E-state index in [2.05, 4.69) is 5.32 Å². The molecular formula is C13H22F3N. The molecule has 1 N–H and O–H groups in total. The largest absolute Gasteiger partial charge is 0.391 e. The van der Waals surface area contributed by atoms with Crippen LogP contribution in [0.1, 0.15) is 39.5 Å². The summed E-state index contributed by atoms with van der Waals surface area (Å²) in [4.78, 5) is 0. The van der Waals surface area contributed by atoms with Gasteiger partial charge in [0, 0.05) is 6.04 Å². The molecule has 1 fully saturated rings. The normalized spacial score (nSPS) is 27.6. The van der Waals surface area contributed by atoms with Crippen molar-refractivity contribution < 1.29 is 13.2 Å². The van der Waals surface area contributed by atoms with Crippen molar-refractivity contribution in [2.45, 2.75) is 51.7 Å². The van der Waals surface area contributed by atoms with E-state index < -0.39 is 12.1 Å². The van der Waals surface area contributed by atoms with E-state index in [1.165, 1.54) is 0 Å². The van der Waals surface area contributed by atoms with Crippen molar-refractivity contribution in [2.75, 3.05) is 7.05 Å². The third kappa shape index (κ3) is 4.34. The van der Waals surface area contributed by atoms with E-state index >= 15 is 0 Å². The predicted octanol–water partition coefficient (Wildman–Crippen LogP) is 3.91. The smallest absolute Gasteiger partial charge is 0.313 e. The van der Waals surface area contributed by atoms with E-state index in [0.717, 1.165) is 12.0 Å². The molecule has 1 aliphatic rings. The standard InChI is InChI=1S/C13H22F3N/c1-9(2)7-12(17-3)10-5-4-6-11(8-10)13(14,15)16/h7,10-12,17H,4-6,8H2,1-3H3. The van der Waals surface area contributed by atoms with Gasteiger partial charge in [-0.2, -0.15) is 13.2 Å². The Bertz CT molecular complexity index is 266. The van der Waals surface area contributed by atoms with Gasteiger partial charge in [0.15, 0.2) is 0 Å². The summed E-state index contributed by atoms with van der Waals surface area (Å²) in [6.07, 6.45) is 0.154. The van der Waals surface area contributed by atoms with Gasteiger partial charge in [0.2, 0.25) is 0 Å². The molecule has 0 spiro atoms. The topological polar surface area (TPSA) is 12.0 Å². The summed E-state index contributed by atoms with van der Waals surface area (Å²) in [5, 5.41) is 3.13. The molecule has 0 aromatic heterocycles. The van der Waals surface area contributed by atoms with Gasteiger partial charge in [0.25, 0.3) is 0 Å². The lowest BCUT2D eigenvalue weighted by molar-refractivity contribution is -0.186. The maximum Gasteiger partial charge on any atom is 0.391 e. The van der Waals surface area contributed by atoms with Crippen LogP contribution in [0.15, 0.2) is 11.6 Å². The first-order valence-electron chi connectivity index (χ1n) is 6.23. The highest BCUT2D eigenvalue weighted by atomic mass is 19.4. The van der Waals surface area contributed by atoms with Crippen LogP contribution < -0.4 is 5.32 Å². The van der Waals surface area contributed by atoms with E-state index in [0.29, 0.717) is 12.8 Å². The molecule has 3 atom stereocenters. The highest BCUT2D eigenvalue weighted by Crippen LogP contribution is 2.41. The SMILES string of the molecule is CNC(C=C(C)C)C1CCCC(C(F)(F)F)C1. The first kappa shape index (κ1) is 14.6. The molecular weight excluding hydrogens is 227 g/mol. The molecule has 100 valence electrons. The van der Waals surface area contributed by atoms with Gasteiger partial charge < -0.3 is 5.32 Å². The van der Waals surface area contributed by atoms with E-state index in [-0.39, 0.29) is 18.4 Å². The van der Waals surface area contributed by atoms with E-state index in [9.17, 15) is 13.2 Å². The molecule has 3 unspecified atom stereocenters. The lowest BCUT2D eigenvalue weighted by Crippen LogP contribution is -2.38. The summed E-state index contributed by atoms with van der Waals surface area (Å²) in [5.41, 5.74) is 1.15. The zero-order chi connectivity index (χ0) is 13.1. The molecule has 0 bridgehead atoms. The Balaban J connectivity index is 2.68. The molecule has 1 aliphatic carbocycles. The summed E-state index contributed by atoms with van der Waals surface area (Å²) >= 11 is 0. The Morgan fingerprint density at radius 2 is 1.94 bits per heavy atom. The lowest BCUT2D eigenvalue weighted by atomic mass is 9.77. The van der Waals surface area contributed by atoms with Crippen LogP contribution in [-0.2, 0) is 0 Å². The van der Waals surface area contributed by atoms with Crippen molar-refractivity contribution in [1.82, 2.24) is 5.32 Å². The fraction of sp³-hybridized carbons (Fsp3) is 0.846. The first-order valence-corrected chi connectivity index (χ1v) is 6.23.